The van der Waals surface area contributed by atoms with Crippen molar-refractivity contribution in [2.45, 2.75) is 29.5 Å². The molecular weight excluding hydrogens is 498 g/mol. The molecule has 0 unspecified atom stereocenters. The molecule has 10 nitrogen and oxygen atoms in total. The monoisotopic (exact) mass is 525 g/mol. The lowest BCUT2D eigenvalue weighted by Crippen LogP contribution is -2.61. The van der Waals surface area contributed by atoms with Crippen LogP contribution in [0.1, 0.15) is 16.7 Å². The number of hydrogen-bond acceptors (Lipinski definition) is 8. The fourth-order valence-corrected chi connectivity index (χ4v) is 5.99. The second-order valence-corrected chi connectivity index (χ2v) is 9.56. The summed E-state index contributed by atoms with van der Waals surface area (Å²) in [5, 5.41) is 33.7. The van der Waals surface area contributed by atoms with E-state index < -0.39 is 41.6 Å². The van der Waals surface area contributed by atoms with Crippen LogP contribution in [0.5, 0.6) is 0 Å². The molecule has 10 heteroatoms. The minimum atomic E-state index is -1.91. The number of aromatic nitrogens is 4. The summed E-state index contributed by atoms with van der Waals surface area (Å²) in [7, 11) is 0. The van der Waals surface area contributed by atoms with E-state index in [-0.39, 0.29) is 17.1 Å². The summed E-state index contributed by atoms with van der Waals surface area (Å²) in [4.78, 5) is 24.0. The Labute approximate surface area is 223 Å². The topological polar surface area (TPSA) is 160 Å². The molecule has 1 aliphatic heterocycles. The van der Waals surface area contributed by atoms with E-state index in [0.29, 0.717) is 16.7 Å². The molecule has 5 aromatic rings. The fraction of sp³-hybridized carbons (Fsp3) is 0.207. The van der Waals surface area contributed by atoms with E-state index in [4.69, 9.17) is 10.5 Å². The zero-order valence-corrected chi connectivity index (χ0v) is 20.8. The van der Waals surface area contributed by atoms with Crippen LogP contribution < -0.4 is 11.3 Å². The van der Waals surface area contributed by atoms with Crippen molar-refractivity contribution < 1.29 is 20.1 Å². The van der Waals surface area contributed by atoms with Gasteiger partial charge in [0, 0.05) is 0 Å². The molecule has 3 aromatic carbocycles. The van der Waals surface area contributed by atoms with Gasteiger partial charge in [-0.15, -0.1) is 0 Å². The predicted molar refractivity (Wildman–Crippen MR) is 144 cm³/mol. The molecule has 6 rings (SSSR count). The van der Waals surface area contributed by atoms with E-state index in [1.165, 1.54) is 10.9 Å². The molecule has 0 saturated carbocycles. The lowest BCUT2D eigenvalue weighted by molar-refractivity contribution is -0.175. The van der Waals surface area contributed by atoms with Gasteiger partial charge in [0.05, 0.1) is 18.3 Å². The SMILES string of the molecule is Nc1nc2c(ncn2[C@]2(C(c3ccccc3)(c3ccccc3)c3ccccc3)O[C@H](CO)[C@@H](O)[C@H]2O)c(=O)[nH]1. The summed E-state index contributed by atoms with van der Waals surface area (Å²) < 4.78 is 8.13. The van der Waals surface area contributed by atoms with Gasteiger partial charge in [0.15, 0.2) is 16.9 Å². The van der Waals surface area contributed by atoms with E-state index >= 15 is 0 Å². The highest BCUT2D eigenvalue weighted by Crippen LogP contribution is 2.57. The van der Waals surface area contributed by atoms with E-state index in [2.05, 4.69) is 15.0 Å². The Morgan fingerprint density at radius 2 is 1.44 bits per heavy atom. The van der Waals surface area contributed by atoms with Crippen LogP contribution in [0.25, 0.3) is 11.2 Å². The maximum atomic E-state index is 12.8. The molecule has 0 bridgehead atoms. The van der Waals surface area contributed by atoms with E-state index in [1.54, 1.807) is 0 Å². The van der Waals surface area contributed by atoms with Crippen molar-refractivity contribution in [3.05, 3.63) is 124 Å². The second-order valence-electron chi connectivity index (χ2n) is 9.56. The van der Waals surface area contributed by atoms with Gasteiger partial charge in [-0.3, -0.25) is 14.3 Å². The highest BCUT2D eigenvalue weighted by molar-refractivity contribution is 5.72. The third-order valence-corrected chi connectivity index (χ3v) is 7.56. The number of nitrogens with two attached hydrogens (primary N) is 1. The number of aliphatic hydroxyl groups excluding tert-OH is 3. The molecule has 0 amide bonds. The summed E-state index contributed by atoms with van der Waals surface area (Å²) in [6.07, 6.45) is -2.95. The number of aliphatic hydroxyl groups is 3. The first-order chi connectivity index (χ1) is 18.9. The Morgan fingerprint density at radius 3 is 1.90 bits per heavy atom. The highest BCUT2D eigenvalue weighted by atomic mass is 16.6. The standard InChI is InChI=1S/C29H27N5O5/c30-27-32-25-22(26(38)33-27)31-17-34(25)29(24(37)23(36)21(16-35)39-29)28(18-10-4-1-5-11-18,19-12-6-2-7-13-19)20-14-8-3-9-15-20/h1-15,17,21,23-24,35-37H,16H2,(H3,30,32,33,38)/t21-,23-,24-,29+/m1/s1. The molecule has 198 valence electrons. The summed E-state index contributed by atoms with van der Waals surface area (Å²) >= 11 is 0. The number of imidazole rings is 1. The Hall–Kier alpha value is -4.35. The minimum absolute atomic E-state index is 0.0237. The molecule has 1 fully saturated rings. The Balaban J connectivity index is 1.86. The summed E-state index contributed by atoms with van der Waals surface area (Å²) in [5.41, 5.74) is 4.28. The van der Waals surface area contributed by atoms with Crippen LogP contribution in [0, 0.1) is 0 Å². The van der Waals surface area contributed by atoms with Crippen LogP contribution in [0.3, 0.4) is 0 Å². The van der Waals surface area contributed by atoms with Gasteiger partial charge < -0.3 is 25.8 Å². The first kappa shape index (κ1) is 25.0. The number of ether oxygens (including phenoxy) is 1. The maximum absolute atomic E-state index is 12.8. The number of rotatable bonds is 6. The van der Waals surface area contributed by atoms with E-state index in [1.807, 2.05) is 91.0 Å². The van der Waals surface area contributed by atoms with Crippen LogP contribution in [0.15, 0.2) is 102 Å². The summed E-state index contributed by atoms with van der Waals surface area (Å²) in [6.45, 7) is -0.572. The Bertz CT molecular complexity index is 1560. The van der Waals surface area contributed by atoms with Gasteiger partial charge >= 0.3 is 0 Å². The van der Waals surface area contributed by atoms with Gasteiger partial charge in [-0.2, -0.15) is 4.98 Å². The largest absolute Gasteiger partial charge is 0.394 e. The molecule has 39 heavy (non-hydrogen) atoms. The molecule has 2 aromatic heterocycles. The number of hydrogen-bond donors (Lipinski definition) is 5. The van der Waals surface area contributed by atoms with Crippen molar-refractivity contribution in [3.63, 3.8) is 0 Å². The molecule has 0 spiro atoms. The molecule has 1 aliphatic rings. The molecule has 0 aliphatic carbocycles. The number of benzene rings is 3. The summed E-state index contributed by atoms with van der Waals surface area (Å²) in [6, 6.07) is 28.3. The minimum Gasteiger partial charge on any atom is -0.394 e. The zero-order valence-electron chi connectivity index (χ0n) is 20.8. The summed E-state index contributed by atoms with van der Waals surface area (Å²) in [5.74, 6) is -0.152. The van der Waals surface area contributed by atoms with Gasteiger partial charge in [-0.1, -0.05) is 91.0 Å². The number of nitrogens with zero attached hydrogens (tertiary/aromatic N) is 3. The predicted octanol–water partition coefficient (Wildman–Crippen LogP) is 1.50. The first-order valence-corrected chi connectivity index (χ1v) is 12.5. The normalized spacial score (nSPS) is 23.3. The lowest BCUT2D eigenvalue weighted by Gasteiger charge is -2.51. The van der Waals surface area contributed by atoms with E-state index in [0.717, 1.165) is 0 Å². The average Bonchev–Trinajstić information content (AvgIpc) is 3.51. The number of anilines is 1. The molecule has 0 radical (unpaired) electrons. The van der Waals surface area contributed by atoms with Crippen LogP contribution >= 0.6 is 0 Å². The molecule has 4 atom stereocenters. The number of H-pyrrole nitrogens is 1. The number of nitrogens with one attached hydrogen (secondary N) is 1. The Kier molecular flexibility index (Phi) is 6.04. The smallest absolute Gasteiger partial charge is 0.280 e. The highest BCUT2D eigenvalue weighted by Gasteiger charge is 2.68. The fourth-order valence-electron chi connectivity index (χ4n) is 5.99. The average molecular weight is 526 g/mol. The quantitative estimate of drug-likeness (QED) is 0.209. The van der Waals surface area contributed by atoms with Crippen LogP contribution in [-0.2, 0) is 15.9 Å². The zero-order chi connectivity index (χ0) is 27.2. The van der Waals surface area contributed by atoms with Crippen molar-refractivity contribution >= 4 is 17.1 Å². The van der Waals surface area contributed by atoms with E-state index in [9.17, 15) is 20.1 Å². The van der Waals surface area contributed by atoms with Crippen molar-refractivity contribution in [2.75, 3.05) is 12.3 Å². The third kappa shape index (κ3) is 3.46. The maximum Gasteiger partial charge on any atom is 0.280 e. The number of fused-ring (bicyclic) bond motifs is 1. The first-order valence-electron chi connectivity index (χ1n) is 12.5. The molecule has 6 N–H and O–H groups in total. The van der Waals surface area contributed by atoms with Crippen molar-refractivity contribution in [1.82, 2.24) is 19.5 Å². The van der Waals surface area contributed by atoms with Crippen molar-refractivity contribution in [2.24, 2.45) is 0 Å². The third-order valence-electron chi connectivity index (χ3n) is 7.56. The van der Waals surface area contributed by atoms with Gasteiger partial charge in [0.2, 0.25) is 5.95 Å². The van der Waals surface area contributed by atoms with Gasteiger partial charge in [-0.05, 0) is 16.7 Å². The van der Waals surface area contributed by atoms with Crippen molar-refractivity contribution in [1.29, 1.82) is 0 Å². The van der Waals surface area contributed by atoms with Crippen LogP contribution in [0.2, 0.25) is 0 Å². The van der Waals surface area contributed by atoms with Crippen LogP contribution in [-0.4, -0.2) is 59.8 Å². The van der Waals surface area contributed by atoms with Crippen molar-refractivity contribution in [3.8, 4) is 0 Å². The number of nitrogen functional groups attached to an aromatic ring is 1. The molecule has 1 saturated heterocycles. The lowest BCUT2D eigenvalue weighted by atomic mass is 9.60. The second kappa shape index (κ2) is 9.44. The Morgan fingerprint density at radius 1 is 0.923 bits per heavy atom. The van der Waals surface area contributed by atoms with Gasteiger partial charge in [0.25, 0.3) is 5.56 Å². The molecular formula is C29H27N5O5. The number of aromatic amines is 1. The van der Waals surface area contributed by atoms with Gasteiger partial charge in [-0.25, -0.2) is 4.98 Å². The molecule has 3 heterocycles. The van der Waals surface area contributed by atoms with Crippen LogP contribution in [0.4, 0.5) is 5.95 Å². The van der Waals surface area contributed by atoms with Gasteiger partial charge in [0.1, 0.15) is 18.3 Å².